The zero-order valence-electron chi connectivity index (χ0n) is 11.2. The maximum Gasteiger partial charge on any atom is 0.254 e. The van der Waals surface area contributed by atoms with Gasteiger partial charge < -0.3 is 4.57 Å². The van der Waals surface area contributed by atoms with Crippen molar-refractivity contribution in [2.75, 3.05) is 0 Å². The Morgan fingerprint density at radius 2 is 1.84 bits per heavy atom. The van der Waals surface area contributed by atoms with E-state index < -0.39 is 0 Å². The summed E-state index contributed by atoms with van der Waals surface area (Å²) in [5, 5.41) is 0. The number of hydrogen-bond donors (Lipinski definition) is 0. The summed E-state index contributed by atoms with van der Waals surface area (Å²) in [6.45, 7) is 4.05. The van der Waals surface area contributed by atoms with Crippen LogP contribution in [0.4, 0.5) is 0 Å². The first-order valence-corrected chi connectivity index (χ1v) is 6.40. The van der Waals surface area contributed by atoms with Crippen LogP contribution in [0.1, 0.15) is 34.8 Å². The molecule has 3 heteroatoms. The molecule has 0 aliphatic carbocycles. The second-order valence-corrected chi connectivity index (χ2v) is 4.55. The molecule has 3 nitrogen and oxygen atoms in total. The van der Waals surface area contributed by atoms with Crippen LogP contribution in [-0.4, -0.2) is 10.4 Å². The molecule has 0 spiro atoms. The first-order valence-electron chi connectivity index (χ1n) is 6.40. The number of nitrogens with zero attached hydrogens (tertiary/aromatic N) is 1. The number of carbonyl (C=O) groups excluding carboxylic acids is 1. The van der Waals surface area contributed by atoms with Crippen LogP contribution in [0.3, 0.4) is 0 Å². The van der Waals surface area contributed by atoms with Gasteiger partial charge in [0, 0.05) is 23.7 Å². The fourth-order valence-corrected chi connectivity index (χ4v) is 2.08. The molecule has 0 N–H and O–H groups in total. The van der Waals surface area contributed by atoms with Crippen LogP contribution < -0.4 is 5.56 Å². The molecule has 0 amide bonds. The lowest BCUT2D eigenvalue weighted by Gasteiger charge is -2.09. The Hall–Kier alpha value is -2.16. The molecule has 0 saturated carbocycles. The van der Waals surface area contributed by atoms with Crippen LogP contribution >= 0.6 is 0 Å². The van der Waals surface area contributed by atoms with Gasteiger partial charge in [-0.05, 0) is 18.6 Å². The first-order chi connectivity index (χ1) is 9.13. The molecule has 2 aromatic rings. The lowest BCUT2D eigenvalue weighted by molar-refractivity contribution is 0.0987. The van der Waals surface area contributed by atoms with E-state index in [2.05, 4.69) is 0 Å². The monoisotopic (exact) mass is 255 g/mol. The van der Waals surface area contributed by atoms with Gasteiger partial charge in [0.05, 0.1) is 6.54 Å². The second-order valence-electron chi connectivity index (χ2n) is 4.55. The summed E-state index contributed by atoms with van der Waals surface area (Å²) in [5.41, 5.74) is 2.05. The van der Waals surface area contributed by atoms with E-state index in [1.165, 1.54) is 0 Å². The minimum atomic E-state index is -0.0943. The number of pyridine rings is 1. The number of aromatic nitrogens is 1. The summed E-state index contributed by atoms with van der Waals surface area (Å²) >= 11 is 0. The van der Waals surface area contributed by atoms with Crippen molar-refractivity contribution in [3.63, 3.8) is 0 Å². The zero-order valence-corrected chi connectivity index (χ0v) is 11.2. The van der Waals surface area contributed by atoms with Crippen molar-refractivity contribution in [2.24, 2.45) is 0 Å². The van der Waals surface area contributed by atoms with Crippen LogP contribution in [0.5, 0.6) is 0 Å². The van der Waals surface area contributed by atoms with Crippen molar-refractivity contribution in [3.8, 4) is 0 Å². The van der Waals surface area contributed by atoms with E-state index in [0.717, 1.165) is 5.56 Å². The van der Waals surface area contributed by atoms with Crippen LogP contribution in [0.25, 0.3) is 0 Å². The van der Waals surface area contributed by atoms with Crippen LogP contribution in [0, 0.1) is 6.92 Å². The molecule has 1 heterocycles. The summed E-state index contributed by atoms with van der Waals surface area (Å²) in [6.07, 6.45) is 2.12. The molecule has 1 aromatic heterocycles. The molecule has 0 saturated heterocycles. The number of carbonyl (C=O) groups is 1. The molecule has 2 rings (SSSR count). The number of hydrogen-bond acceptors (Lipinski definition) is 2. The number of Topliss-reactive ketones (excluding diaryl/α,β-unsaturated/α-hetero) is 1. The molecule has 0 radical (unpaired) electrons. The molecule has 0 fully saturated rings. The van der Waals surface area contributed by atoms with E-state index in [1.54, 1.807) is 30.7 Å². The molecular formula is C16H17NO2. The van der Waals surface area contributed by atoms with Crippen molar-refractivity contribution in [3.05, 3.63) is 69.6 Å². The van der Waals surface area contributed by atoms with Gasteiger partial charge in [-0.25, -0.2) is 0 Å². The Kier molecular flexibility index (Phi) is 3.95. The molecule has 0 aliphatic heterocycles. The number of benzene rings is 1. The van der Waals surface area contributed by atoms with E-state index in [4.69, 9.17) is 0 Å². The quantitative estimate of drug-likeness (QED) is 0.788. The van der Waals surface area contributed by atoms with E-state index in [0.29, 0.717) is 24.1 Å². The lowest BCUT2D eigenvalue weighted by atomic mass is 10.1. The maximum atomic E-state index is 12.2. The SMILES string of the molecule is CCC(=O)c1ccn(Cc2ccccc2)c(=O)c1C. The minimum absolute atomic E-state index is 0.0152. The summed E-state index contributed by atoms with van der Waals surface area (Å²) in [6, 6.07) is 11.5. The topological polar surface area (TPSA) is 39.1 Å². The standard InChI is InChI=1S/C16H17NO2/c1-3-15(18)14-9-10-17(16(19)12(14)2)11-13-7-5-4-6-8-13/h4-10H,3,11H2,1-2H3. The predicted octanol–water partition coefficient (Wildman–Crippen LogP) is 2.80. The van der Waals surface area contributed by atoms with Gasteiger partial charge in [0.15, 0.2) is 5.78 Å². The van der Waals surface area contributed by atoms with Crippen molar-refractivity contribution in [2.45, 2.75) is 26.8 Å². The Labute approximate surface area is 112 Å². The molecule has 0 aliphatic rings. The summed E-state index contributed by atoms with van der Waals surface area (Å²) in [7, 11) is 0. The third-order valence-corrected chi connectivity index (χ3v) is 3.22. The third-order valence-electron chi connectivity index (χ3n) is 3.22. The van der Waals surface area contributed by atoms with E-state index in [1.807, 2.05) is 30.3 Å². The third kappa shape index (κ3) is 2.81. The fraction of sp³-hybridized carbons (Fsp3) is 0.250. The van der Waals surface area contributed by atoms with E-state index in [-0.39, 0.29) is 11.3 Å². The van der Waals surface area contributed by atoms with Gasteiger partial charge in [-0.3, -0.25) is 9.59 Å². The van der Waals surface area contributed by atoms with Gasteiger partial charge >= 0.3 is 0 Å². The van der Waals surface area contributed by atoms with Crippen molar-refractivity contribution >= 4 is 5.78 Å². The molecular weight excluding hydrogens is 238 g/mol. The van der Waals surface area contributed by atoms with Crippen LogP contribution in [-0.2, 0) is 6.54 Å². The van der Waals surface area contributed by atoms with Crippen molar-refractivity contribution in [1.29, 1.82) is 0 Å². The van der Waals surface area contributed by atoms with Crippen molar-refractivity contribution < 1.29 is 4.79 Å². The Morgan fingerprint density at radius 1 is 1.16 bits per heavy atom. The predicted molar refractivity (Wildman–Crippen MR) is 75.6 cm³/mol. The highest BCUT2D eigenvalue weighted by molar-refractivity contribution is 5.96. The molecule has 0 unspecified atom stereocenters. The van der Waals surface area contributed by atoms with E-state index >= 15 is 0 Å². The summed E-state index contributed by atoms with van der Waals surface area (Å²) in [5.74, 6) is 0.0152. The fourth-order valence-electron chi connectivity index (χ4n) is 2.08. The first kappa shape index (κ1) is 13.3. The summed E-state index contributed by atoms with van der Waals surface area (Å²) in [4.78, 5) is 23.9. The second kappa shape index (κ2) is 5.65. The largest absolute Gasteiger partial charge is 0.311 e. The minimum Gasteiger partial charge on any atom is -0.311 e. The Bertz CT molecular complexity index is 642. The van der Waals surface area contributed by atoms with E-state index in [9.17, 15) is 9.59 Å². The lowest BCUT2D eigenvalue weighted by Crippen LogP contribution is -2.24. The average molecular weight is 255 g/mol. The molecule has 19 heavy (non-hydrogen) atoms. The number of ketones is 1. The van der Waals surface area contributed by atoms with Gasteiger partial charge in [0.25, 0.3) is 5.56 Å². The van der Waals surface area contributed by atoms with Crippen molar-refractivity contribution in [1.82, 2.24) is 4.57 Å². The summed E-state index contributed by atoms with van der Waals surface area (Å²) < 4.78 is 1.64. The van der Waals surface area contributed by atoms with Gasteiger partial charge in [-0.1, -0.05) is 37.3 Å². The van der Waals surface area contributed by atoms with Crippen LogP contribution in [0.2, 0.25) is 0 Å². The molecule has 98 valence electrons. The zero-order chi connectivity index (χ0) is 13.8. The maximum absolute atomic E-state index is 12.2. The smallest absolute Gasteiger partial charge is 0.254 e. The molecule has 1 aromatic carbocycles. The van der Waals surface area contributed by atoms with Crippen LogP contribution in [0.15, 0.2) is 47.4 Å². The molecule has 0 bridgehead atoms. The average Bonchev–Trinajstić information content (AvgIpc) is 2.44. The highest BCUT2D eigenvalue weighted by Gasteiger charge is 2.11. The normalized spacial score (nSPS) is 10.4. The van der Waals surface area contributed by atoms with Gasteiger partial charge in [-0.2, -0.15) is 0 Å². The van der Waals surface area contributed by atoms with Gasteiger partial charge in [-0.15, -0.1) is 0 Å². The molecule has 0 atom stereocenters. The van der Waals surface area contributed by atoms with Gasteiger partial charge in [0.2, 0.25) is 0 Å². The van der Waals surface area contributed by atoms with Gasteiger partial charge in [0.1, 0.15) is 0 Å². The highest BCUT2D eigenvalue weighted by Crippen LogP contribution is 2.07. The number of rotatable bonds is 4. The Balaban J connectivity index is 2.37. The highest BCUT2D eigenvalue weighted by atomic mass is 16.1. The Morgan fingerprint density at radius 3 is 2.47 bits per heavy atom.